The molecule has 0 aromatic heterocycles. The number of rotatable bonds is 3. The van der Waals surface area contributed by atoms with Gasteiger partial charge >= 0.3 is 0 Å². The summed E-state index contributed by atoms with van der Waals surface area (Å²) in [6.45, 7) is 4.00. The largest absolute Gasteiger partial charge is 0.488 e. The van der Waals surface area contributed by atoms with E-state index in [9.17, 15) is 12.8 Å². The van der Waals surface area contributed by atoms with Gasteiger partial charge in [-0.25, -0.2) is 12.8 Å². The minimum absolute atomic E-state index is 0.130. The Bertz CT molecular complexity index is 897. The third-order valence-electron chi connectivity index (χ3n) is 3.90. The highest BCUT2D eigenvalue weighted by molar-refractivity contribution is 7.92. The van der Waals surface area contributed by atoms with Gasteiger partial charge in [0.25, 0.3) is 10.0 Å². The normalized spacial score (nSPS) is 16.2. The summed E-state index contributed by atoms with van der Waals surface area (Å²) >= 11 is 5.68. The van der Waals surface area contributed by atoms with Crippen LogP contribution in [0, 0.1) is 5.82 Å². The Morgan fingerprint density at radius 2 is 1.96 bits per heavy atom. The van der Waals surface area contributed by atoms with Crippen molar-refractivity contribution in [3.05, 3.63) is 52.8 Å². The molecule has 128 valence electrons. The predicted molar refractivity (Wildman–Crippen MR) is 91.7 cm³/mol. The summed E-state index contributed by atoms with van der Waals surface area (Å²) < 4.78 is 46.5. The van der Waals surface area contributed by atoms with Crippen molar-refractivity contribution < 1.29 is 17.5 Å². The topological polar surface area (TPSA) is 55.4 Å². The molecule has 0 spiro atoms. The highest BCUT2D eigenvalue weighted by atomic mass is 35.5. The summed E-state index contributed by atoms with van der Waals surface area (Å²) in [5.74, 6) is 0.100. The summed E-state index contributed by atoms with van der Waals surface area (Å²) in [6.07, 6.45) is 1.55. The second-order valence-electron chi connectivity index (χ2n) is 6.37. The molecular formula is C17H17ClFNO3S. The molecule has 0 atom stereocenters. The Labute approximate surface area is 145 Å². The maximum absolute atomic E-state index is 13.2. The molecule has 0 fully saturated rings. The van der Waals surface area contributed by atoms with Gasteiger partial charge in [0.05, 0.1) is 15.6 Å². The average Bonchev–Trinajstić information content (AvgIpc) is 2.49. The van der Waals surface area contributed by atoms with Crippen LogP contribution in [0.15, 0.2) is 41.3 Å². The number of benzene rings is 2. The highest BCUT2D eigenvalue weighted by Gasteiger charge is 2.27. The van der Waals surface area contributed by atoms with Gasteiger partial charge in [-0.15, -0.1) is 0 Å². The molecule has 4 nitrogen and oxygen atoms in total. The fourth-order valence-corrected chi connectivity index (χ4v) is 3.86. The molecule has 24 heavy (non-hydrogen) atoms. The number of halogens is 2. The van der Waals surface area contributed by atoms with Crippen molar-refractivity contribution in [2.45, 2.75) is 37.2 Å². The van der Waals surface area contributed by atoms with Gasteiger partial charge in [0.15, 0.2) is 0 Å². The number of fused-ring (bicyclic) bond motifs is 1. The Balaban J connectivity index is 1.89. The van der Waals surface area contributed by atoms with E-state index in [1.807, 2.05) is 13.8 Å². The standard InChI is InChI=1S/C17H17ClFNO3S/c1-17(2)8-7-11-9-13(4-6-16(11)23-17)24(21,22)20-12-3-5-15(19)14(18)10-12/h3-6,9-10,20H,7-8H2,1-2H3. The van der Waals surface area contributed by atoms with Crippen molar-refractivity contribution in [1.29, 1.82) is 0 Å². The second-order valence-corrected chi connectivity index (χ2v) is 8.46. The lowest BCUT2D eigenvalue weighted by atomic mass is 9.94. The smallest absolute Gasteiger partial charge is 0.261 e. The van der Waals surface area contributed by atoms with Crippen LogP contribution in [0.2, 0.25) is 5.02 Å². The predicted octanol–water partition coefficient (Wildman–Crippen LogP) is 4.38. The monoisotopic (exact) mass is 369 g/mol. The van der Waals surface area contributed by atoms with Gasteiger partial charge in [0, 0.05) is 0 Å². The van der Waals surface area contributed by atoms with Crippen molar-refractivity contribution >= 4 is 27.3 Å². The first-order chi connectivity index (χ1) is 11.2. The van der Waals surface area contributed by atoms with Crippen LogP contribution in [0.4, 0.5) is 10.1 Å². The number of aryl methyl sites for hydroxylation is 1. The van der Waals surface area contributed by atoms with Crippen LogP contribution in [-0.2, 0) is 16.4 Å². The van der Waals surface area contributed by atoms with E-state index < -0.39 is 15.8 Å². The molecule has 0 radical (unpaired) electrons. The lowest BCUT2D eigenvalue weighted by molar-refractivity contribution is 0.0845. The summed E-state index contributed by atoms with van der Waals surface area (Å²) in [7, 11) is -3.79. The molecule has 2 aromatic carbocycles. The van der Waals surface area contributed by atoms with Gasteiger partial charge in [-0.05, 0) is 68.7 Å². The minimum atomic E-state index is -3.79. The summed E-state index contributed by atoms with van der Waals surface area (Å²) in [5.41, 5.74) is 0.807. The first-order valence-electron chi connectivity index (χ1n) is 7.46. The van der Waals surface area contributed by atoms with Crippen molar-refractivity contribution in [1.82, 2.24) is 0 Å². The fourth-order valence-electron chi connectivity index (χ4n) is 2.58. The lowest BCUT2D eigenvalue weighted by Gasteiger charge is -2.32. The second kappa shape index (κ2) is 5.93. The zero-order valence-corrected chi connectivity index (χ0v) is 14.8. The molecule has 1 N–H and O–H groups in total. The summed E-state index contributed by atoms with van der Waals surface area (Å²) in [5, 5.41) is -0.142. The Hall–Kier alpha value is -1.79. The third kappa shape index (κ3) is 3.49. The Morgan fingerprint density at radius 3 is 2.67 bits per heavy atom. The lowest BCUT2D eigenvalue weighted by Crippen LogP contribution is -2.32. The van der Waals surface area contributed by atoms with Gasteiger partial charge in [0.1, 0.15) is 17.2 Å². The fraction of sp³-hybridized carbons (Fsp3) is 0.294. The molecule has 0 bridgehead atoms. The van der Waals surface area contributed by atoms with Gasteiger partial charge in [-0.2, -0.15) is 0 Å². The maximum Gasteiger partial charge on any atom is 0.261 e. The quantitative estimate of drug-likeness (QED) is 0.873. The van der Waals surface area contributed by atoms with Crippen LogP contribution in [0.25, 0.3) is 0 Å². The number of anilines is 1. The van der Waals surface area contributed by atoms with Crippen molar-refractivity contribution in [2.24, 2.45) is 0 Å². The molecule has 0 unspecified atom stereocenters. The van der Waals surface area contributed by atoms with Crippen LogP contribution in [0.1, 0.15) is 25.8 Å². The van der Waals surface area contributed by atoms with Gasteiger partial charge in [-0.1, -0.05) is 11.6 Å². The summed E-state index contributed by atoms with van der Waals surface area (Å²) in [4.78, 5) is 0.130. The van der Waals surface area contributed by atoms with E-state index in [1.165, 1.54) is 18.2 Å². The summed E-state index contributed by atoms with van der Waals surface area (Å²) in [6, 6.07) is 8.44. The van der Waals surface area contributed by atoms with Crippen LogP contribution < -0.4 is 9.46 Å². The van der Waals surface area contributed by atoms with E-state index in [-0.39, 0.29) is 21.2 Å². The Morgan fingerprint density at radius 1 is 1.21 bits per heavy atom. The van der Waals surface area contributed by atoms with Crippen LogP contribution in [0.3, 0.4) is 0 Å². The molecule has 0 amide bonds. The van der Waals surface area contributed by atoms with Gasteiger partial charge in [0.2, 0.25) is 0 Å². The SMILES string of the molecule is CC1(C)CCc2cc(S(=O)(=O)Nc3ccc(F)c(Cl)c3)ccc2O1. The van der Waals surface area contributed by atoms with E-state index in [0.717, 1.165) is 24.5 Å². The number of hydrogen-bond acceptors (Lipinski definition) is 3. The molecule has 0 saturated heterocycles. The average molecular weight is 370 g/mol. The van der Waals surface area contributed by atoms with E-state index in [4.69, 9.17) is 16.3 Å². The van der Waals surface area contributed by atoms with Crippen LogP contribution in [0.5, 0.6) is 5.75 Å². The van der Waals surface area contributed by atoms with Crippen LogP contribution in [-0.4, -0.2) is 14.0 Å². The zero-order chi connectivity index (χ0) is 17.5. The molecular weight excluding hydrogens is 353 g/mol. The zero-order valence-electron chi connectivity index (χ0n) is 13.3. The molecule has 0 aliphatic carbocycles. The van der Waals surface area contributed by atoms with E-state index >= 15 is 0 Å². The molecule has 1 aliphatic heterocycles. The van der Waals surface area contributed by atoms with Gasteiger partial charge < -0.3 is 4.74 Å². The minimum Gasteiger partial charge on any atom is -0.488 e. The van der Waals surface area contributed by atoms with E-state index in [2.05, 4.69) is 4.72 Å². The Kier molecular flexibility index (Phi) is 4.21. The third-order valence-corrected chi connectivity index (χ3v) is 5.57. The molecule has 1 aliphatic rings. The molecule has 7 heteroatoms. The number of sulfonamides is 1. The molecule has 1 heterocycles. The van der Waals surface area contributed by atoms with Crippen LogP contribution >= 0.6 is 11.6 Å². The first-order valence-corrected chi connectivity index (χ1v) is 9.32. The number of ether oxygens (including phenoxy) is 1. The van der Waals surface area contributed by atoms with Crippen molar-refractivity contribution in [3.8, 4) is 5.75 Å². The van der Waals surface area contributed by atoms with Crippen molar-refractivity contribution in [2.75, 3.05) is 4.72 Å². The van der Waals surface area contributed by atoms with E-state index in [1.54, 1.807) is 12.1 Å². The van der Waals surface area contributed by atoms with Gasteiger partial charge in [-0.3, -0.25) is 4.72 Å². The highest BCUT2D eigenvalue weighted by Crippen LogP contribution is 2.34. The number of nitrogens with one attached hydrogen (secondary N) is 1. The van der Waals surface area contributed by atoms with Crippen molar-refractivity contribution in [3.63, 3.8) is 0 Å². The first kappa shape index (κ1) is 17.0. The molecule has 3 rings (SSSR count). The van der Waals surface area contributed by atoms with E-state index in [0.29, 0.717) is 5.75 Å². The number of hydrogen-bond donors (Lipinski definition) is 1. The molecule has 2 aromatic rings. The maximum atomic E-state index is 13.2. The molecule has 0 saturated carbocycles.